The van der Waals surface area contributed by atoms with Gasteiger partial charge in [0.05, 0.1) is 6.61 Å². The van der Waals surface area contributed by atoms with Crippen molar-refractivity contribution in [1.29, 1.82) is 0 Å². The Morgan fingerprint density at radius 3 is 2.80 bits per heavy atom. The highest BCUT2D eigenvalue weighted by Crippen LogP contribution is 2.34. The van der Waals surface area contributed by atoms with Crippen LogP contribution in [0.25, 0.3) is 0 Å². The molecule has 4 nitrogen and oxygen atoms in total. The molecule has 1 saturated carbocycles. The zero-order valence-electron chi connectivity index (χ0n) is 14.4. The molecule has 1 fully saturated rings. The molecular weight excluding hydrogens is 314 g/mol. The molecule has 0 bridgehead atoms. The Bertz CT molecular complexity index is 700. The maximum atomic E-state index is 9.97. The van der Waals surface area contributed by atoms with Crippen molar-refractivity contribution in [1.82, 2.24) is 5.32 Å². The number of aliphatic hydroxyl groups is 1. The summed E-state index contributed by atoms with van der Waals surface area (Å²) < 4.78 is 11.7. The second-order valence-corrected chi connectivity index (χ2v) is 7.04. The molecule has 4 rings (SSSR count). The molecule has 2 aliphatic rings. The summed E-state index contributed by atoms with van der Waals surface area (Å²) >= 11 is 0. The topological polar surface area (TPSA) is 50.7 Å². The first kappa shape index (κ1) is 16.4. The van der Waals surface area contributed by atoms with Crippen LogP contribution in [0.5, 0.6) is 11.5 Å². The molecule has 1 aliphatic carbocycles. The van der Waals surface area contributed by atoms with Gasteiger partial charge in [0.15, 0.2) is 0 Å². The molecule has 0 amide bonds. The molecule has 2 atom stereocenters. The first-order valence-electron chi connectivity index (χ1n) is 9.13. The Labute approximate surface area is 148 Å². The summed E-state index contributed by atoms with van der Waals surface area (Å²) in [6.45, 7) is 1.57. The van der Waals surface area contributed by atoms with Crippen LogP contribution in [0.2, 0.25) is 0 Å². The Hall–Kier alpha value is -2.04. The third-order valence-corrected chi connectivity index (χ3v) is 4.88. The molecule has 1 aliphatic heterocycles. The highest BCUT2D eigenvalue weighted by molar-refractivity contribution is 5.43. The van der Waals surface area contributed by atoms with Gasteiger partial charge in [0.2, 0.25) is 0 Å². The summed E-state index contributed by atoms with van der Waals surface area (Å²) in [7, 11) is 0. The van der Waals surface area contributed by atoms with Crippen LogP contribution < -0.4 is 14.8 Å². The second kappa shape index (κ2) is 7.46. The van der Waals surface area contributed by atoms with Crippen molar-refractivity contribution in [2.75, 3.05) is 19.8 Å². The lowest BCUT2D eigenvalue weighted by Crippen LogP contribution is -2.32. The van der Waals surface area contributed by atoms with Crippen LogP contribution in [-0.4, -0.2) is 37.0 Å². The molecule has 0 aromatic heterocycles. The fourth-order valence-electron chi connectivity index (χ4n) is 3.22. The average Bonchev–Trinajstić information content (AvgIpc) is 3.49. The van der Waals surface area contributed by atoms with Crippen LogP contribution in [-0.2, 0) is 6.42 Å². The van der Waals surface area contributed by atoms with E-state index in [2.05, 4.69) is 35.6 Å². The van der Waals surface area contributed by atoms with Gasteiger partial charge in [-0.15, -0.1) is 0 Å². The Morgan fingerprint density at radius 2 is 2.00 bits per heavy atom. The van der Waals surface area contributed by atoms with Crippen molar-refractivity contribution in [2.45, 2.75) is 37.3 Å². The first-order chi connectivity index (χ1) is 12.3. The molecule has 0 radical (unpaired) electrons. The number of hydrogen-bond acceptors (Lipinski definition) is 4. The highest BCUT2D eigenvalue weighted by atomic mass is 16.5. The van der Waals surface area contributed by atoms with Crippen molar-refractivity contribution in [3.8, 4) is 11.5 Å². The van der Waals surface area contributed by atoms with E-state index in [1.54, 1.807) is 0 Å². The standard InChI is InChI=1S/C21H25NO3/c23-19(12-22-18-7-8-18)14-24-20-9-6-16-10-17(13-25-21(16)11-20)15-4-2-1-3-5-15/h1-6,9,11,17-19,22-23H,7-8,10,12-14H2. The van der Waals surface area contributed by atoms with Gasteiger partial charge < -0.3 is 19.9 Å². The molecule has 25 heavy (non-hydrogen) atoms. The molecule has 2 N–H and O–H groups in total. The minimum absolute atomic E-state index is 0.297. The lowest BCUT2D eigenvalue weighted by molar-refractivity contribution is 0.106. The van der Waals surface area contributed by atoms with Gasteiger partial charge in [-0.3, -0.25) is 0 Å². The van der Waals surface area contributed by atoms with Crippen molar-refractivity contribution < 1.29 is 14.6 Å². The van der Waals surface area contributed by atoms with Crippen molar-refractivity contribution in [3.63, 3.8) is 0 Å². The lowest BCUT2D eigenvalue weighted by atomic mass is 9.90. The van der Waals surface area contributed by atoms with E-state index in [-0.39, 0.29) is 0 Å². The van der Waals surface area contributed by atoms with Crippen LogP contribution in [0.1, 0.15) is 29.9 Å². The Balaban J connectivity index is 1.33. The number of benzene rings is 2. The Kier molecular flexibility index (Phi) is 4.90. The monoisotopic (exact) mass is 339 g/mol. The smallest absolute Gasteiger partial charge is 0.126 e. The molecule has 1 heterocycles. The summed E-state index contributed by atoms with van der Waals surface area (Å²) in [4.78, 5) is 0. The van der Waals surface area contributed by atoms with E-state index in [1.807, 2.05) is 18.2 Å². The summed E-state index contributed by atoms with van der Waals surface area (Å²) in [6.07, 6.45) is 2.94. The van der Waals surface area contributed by atoms with Gasteiger partial charge in [-0.1, -0.05) is 36.4 Å². The van der Waals surface area contributed by atoms with Crippen LogP contribution in [0.15, 0.2) is 48.5 Å². The molecule has 132 valence electrons. The predicted molar refractivity (Wildman–Crippen MR) is 97.4 cm³/mol. The van der Waals surface area contributed by atoms with Gasteiger partial charge in [0.1, 0.15) is 24.2 Å². The normalized spacial score (nSPS) is 20.4. The van der Waals surface area contributed by atoms with Gasteiger partial charge in [-0.25, -0.2) is 0 Å². The number of hydrogen-bond donors (Lipinski definition) is 2. The molecule has 2 unspecified atom stereocenters. The van der Waals surface area contributed by atoms with E-state index in [9.17, 15) is 5.11 Å². The van der Waals surface area contributed by atoms with Crippen LogP contribution >= 0.6 is 0 Å². The van der Waals surface area contributed by atoms with E-state index in [1.165, 1.54) is 24.0 Å². The maximum absolute atomic E-state index is 9.97. The number of aliphatic hydroxyl groups excluding tert-OH is 1. The molecular formula is C21H25NO3. The van der Waals surface area contributed by atoms with E-state index >= 15 is 0 Å². The summed E-state index contributed by atoms with van der Waals surface area (Å²) in [5.41, 5.74) is 2.53. The minimum Gasteiger partial charge on any atom is -0.493 e. The second-order valence-electron chi connectivity index (χ2n) is 7.04. The number of rotatable bonds is 7. The molecule has 2 aromatic carbocycles. The van der Waals surface area contributed by atoms with E-state index in [4.69, 9.17) is 9.47 Å². The molecule has 0 saturated heterocycles. The third-order valence-electron chi connectivity index (χ3n) is 4.88. The number of nitrogens with one attached hydrogen (secondary N) is 1. The van der Waals surface area contributed by atoms with Crippen molar-refractivity contribution >= 4 is 0 Å². The fraction of sp³-hybridized carbons (Fsp3) is 0.429. The maximum Gasteiger partial charge on any atom is 0.126 e. The van der Waals surface area contributed by atoms with Crippen molar-refractivity contribution in [2.24, 2.45) is 0 Å². The molecule has 2 aromatic rings. The highest BCUT2D eigenvalue weighted by Gasteiger charge is 2.23. The summed E-state index contributed by atoms with van der Waals surface area (Å²) in [6, 6.07) is 17.1. The van der Waals surface area contributed by atoms with Gasteiger partial charge in [0.25, 0.3) is 0 Å². The van der Waals surface area contributed by atoms with E-state index < -0.39 is 6.10 Å². The van der Waals surface area contributed by atoms with E-state index in [0.717, 1.165) is 17.9 Å². The van der Waals surface area contributed by atoms with Crippen LogP contribution in [0.4, 0.5) is 0 Å². The lowest BCUT2D eigenvalue weighted by Gasteiger charge is -2.26. The van der Waals surface area contributed by atoms with Gasteiger partial charge in [0, 0.05) is 24.6 Å². The van der Waals surface area contributed by atoms with Gasteiger partial charge in [-0.05, 0) is 36.5 Å². The van der Waals surface area contributed by atoms with E-state index in [0.29, 0.717) is 31.7 Å². The van der Waals surface area contributed by atoms with Crippen molar-refractivity contribution in [3.05, 3.63) is 59.7 Å². The fourth-order valence-corrected chi connectivity index (χ4v) is 3.22. The zero-order valence-corrected chi connectivity index (χ0v) is 14.4. The number of ether oxygens (including phenoxy) is 2. The quantitative estimate of drug-likeness (QED) is 0.814. The minimum atomic E-state index is -0.486. The Morgan fingerprint density at radius 1 is 1.16 bits per heavy atom. The zero-order chi connectivity index (χ0) is 17.1. The third kappa shape index (κ3) is 4.33. The molecule has 4 heteroatoms. The molecule has 0 spiro atoms. The largest absolute Gasteiger partial charge is 0.493 e. The number of fused-ring (bicyclic) bond motifs is 1. The first-order valence-corrected chi connectivity index (χ1v) is 9.13. The summed E-state index contributed by atoms with van der Waals surface area (Å²) in [5, 5.41) is 13.3. The van der Waals surface area contributed by atoms with Crippen LogP contribution in [0, 0.1) is 0 Å². The van der Waals surface area contributed by atoms with Crippen LogP contribution in [0.3, 0.4) is 0 Å². The predicted octanol–water partition coefficient (Wildman–Crippen LogP) is 2.90. The summed E-state index contributed by atoms with van der Waals surface area (Å²) in [5.74, 6) is 2.05. The van der Waals surface area contributed by atoms with Gasteiger partial charge >= 0.3 is 0 Å². The average molecular weight is 339 g/mol. The SMILES string of the molecule is OC(CNC1CC1)COc1ccc2c(c1)OCC(c1ccccc1)C2. The van der Waals surface area contributed by atoms with Gasteiger partial charge in [-0.2, -0.15) is 0 Å².